The minimum absolute atomic E-state index is 0.0986. The van der Waals surface area contributed by atoms with Crippen LogP contribution in [-0.2, 0) is 29.2 Å². The topological polar surface area (TPSA) is 0 Å². The first kappa shape index (κ1) is 47.5. The van der Waals surface area contributed by atoms with E-state index in [2.05, 4.69) is 198 Å². The quantitative estimate of drug-likeness (QED) is 0.101. The molecule has 1 heterocycles. The van der Waals surface area contributed by atoms with Crippen molar-refractivity contribution in [1.82, 2.24) is 0 Å². The van der Waals surface area contributed by atoms with Crippen molar-refractivity contribution in [3.63, 3.8) is 0 Å². The van der Waals surface area contributed by atoms with Crippen LogP contribution in [-0.4, -0.2) is 9.52 Å². The molecule has 0 aromatic heterocycles. The molecule has 0 N–H and O–H groups in total. The molecular formula is C62H71Cl2SiZr. The number of hydrogen-bond donors (Lipinski definition) is 0. The summed E-state index contributed by atoms with van der Waals surface area (Å²) in [4.78, 5) is 0. The summed E-state index contributed by atoms with van der Waals surface area (Å²) in [6.07, 6.45) is 8.84. The first-order chi connectivity index (χ1) is 31.5. The standard InChI is InChI=1S/2C25H31.C12H9Si.2ClH.Zr/c2*1-7-18-11-20-10-9-19(8-2)25(24(20)12-18)23-14-21(16(3)4)13-22(15-23)17(5)6;1-3-7-11-9(5-1)10-6-2-4-8-12(10)13-11;;;/h2*9-17H,7-8H2,1-6H3;1-7H,13H2;2*1H;/q;;;;;+2/p-2. The SMILES string of the molecule is CCC1=Cc2c(ccc(CC)c2-c2cc(C(C)C)cc(C(C)C)c2)[CH]1[Zr]([Cl])([Cl])([c]1cccc2c1[SiH2]c1ccccc1-2)[CH]1C(CC)=Cc2c1ccc(CC)c2-c1cc(C(C)C)cc(C(C)C)c1. The van der Waals surface area contributed by atoms with Gasteiger partial charge in [0, 0.05) is 0 Å². The molecule has 2 aliphatic carbocycles. The molecule has 0 bridgehead atoms. The maximum absolute atomic E-state index is 9.49. The third kappa shape index (κ3) is 7.63. The molecule has 0 radical (unpaired) electrons. The zero-order valence-corrected chi connectivity index (χ0v) is 47.1. The number of benzene rings is 6. The van der Waals surface area contributed by atoms with Gasteiger partial charge >= 0.3 is 412 Å². The van der Waals surface area contributed by atoms with Crippen molar-refractivity contribution in [3.8, 4) is 33.4 Å². The number of rotatable bonds is 13. The molecule has 0 saturated carbocycles. The van der Waals surface area contributed by atoms with Gasteiger partial charge in [0.1, 0.15) is 0 Å². The van der Waals surface area contributed by atoms with Gasteiger partial charge in [0.05, 0.1) is 0 Å². The molecule has 0 amide bonds. The second-order valence-electron chi connectivity index (χ2n) is 21.1. The van der Waals surface area contributed by atoms with Gasteiger partial charge in [-0.3, -0.25) is 0 Å². The second kappa shape index (κ2) is 18.1. The first-order valence-electron chi connectivity index (χ1n) is 25.3. The third-order valence-electron chi connectivity index (χ3n) is 16.0. The van der Waals surface area contributed by atoms with Gasteiger partial charge in [0.2, 0.25) is 0 Å². The molecule has 1 aliphatic heterocycles. The van der Waals surface area contributed by atoms with Crippen LogP contribution in [0.3, 0.4) is 0 Å². The maximum atomic E-state index is 9.49. The van der Waals surface area contributed by atoms with Crippen molar-refractivity contribution in [2.24, 2.45) is 0 Å². The van der Waals surface area contributed by atoms with Gasteiger partial charge in [0.15, 0.2) is 0 Å². The summed E-state index contributed by atoms with van der Waals surface area (Å²) in [5, 5.41) is 2.98. The second-order valence-corrected chi connectivity index (χ2v) is 43.6. The van der Waals surface area contributed by atoms with E-state index in [1.807, 2.05) is 0 Å². The fourth-order valence-electron chi connectivity index (χ4n) is 12.3. The van der Waals surface area contributed by atoms with E-state index in [0.717, 1.165) is 25.7 Å². The van der Waals surface area contributed by atoms with E-state index in [1.54, 1.807) is 0 Å². The molecule has 0 nitrogen and oxygen atoms in total. The monoisotopic (exact) mass is 1000 g/mol. The normalized spacial score (nSPS) is 17.3. The average molecular weight is 1010 g/mol. The Hall–Kier alpha value is -3.52. The average Bonchev–Trinajstić information content (AvgIpc) is 4.02. The van der Waals surface area contributed by atoms with Gasteiger partial charge in [-0.15, -0.1) is 0 Å². The molecule has 0 fully saturated rings. The van der Waals surface area contributed by atoms with Crippen LogP contribution in [0.5, 0.6) is 0 Å². The molecule has 2 unspecified atom stereocenters. The predicted octanol–water partition coefficient (Wildman–Crippen LogP) is 16.5. The molecule has 0 saturated heterocycles. The van der Waals surface area contributed by atoms with E-state index >= 15 is 0 Å². The third-order valence-corrected chi connectivity index (χ3v) is 38.7. The number of fused-ring (bicyclic) bond motifs is 5. The molecule has 3 aliphatic rings. The van der Waals surface area contributed by atoms with E-state index < -0.39 is 25.9 Å². The summed E-state index contributed by atoms with van der Waals surface area (Å²) in [5.41, 5.74) is 24.7. The molecule has 341 valence electrons. The van der Waals surface area contributed by atoms with E-state index in [0.29, 0.717) is 23.7 Å². The van der Waals surface area contributed by atoms with Crippen molar-refractivity contribution >= 4 is 52.3 Å². The Labute approximate surface area is 408 Å². The number of aryl methyl sites for hydroxylation is 2. The number of halogens is 2. The number of hydrogen-bond acceptors (Lipinski definition) is 0. The van der Waals surface area contributed by atoms with E-state index in [9.17, 15) is 17.0 Å². The van der Waals surface area contributed by atoms with Gasteiger partial charge in [-0.2, -0.15) is 0 Å². The van der Waals surface area contributed by atoms with Crippen LogP contribution in [0.25, 0.3) is 45.5 Å². The van der Waals surface area contributed by atoms with E-state index in [4.69, 9.17) is 0 Å². The van der Waals surface area contributed by atoms with Gasteiger partial charge in [-0.25, -0.2) is 0 Å². The summed E-state index contributed by atoms with van der Waals surface area (Å²) in [6.45, 7) is 28.0. The summed E-state index contributed by atoms with van der Waals surface area (Å²) in [6, 6.07) is 40.8. The van der Waals surface area contributed by atoms with Crippen molar-refractivity contribution in [1.29, 1.82) is 0 Å². The summed E-state index contributed by atoms with van der Waals surface area (Å²) in [5.74, 6) is 1.70. The van der Waals surface area contributed by atoms with Crippen LogP contribution in [0.1, 0.15) is 182 Å². The van der Waals surface area contributed by atoms with Gasteiger partial charge in [-0.1, -0.05) is 0 Å². The van der Waals surface area contributed by atoms with Crippen LogP contribution in [0.4, 0.5) is 0 Å². The Bertz CT molecular complexity index is 2760. The zero-order chi connectivity index (χ0) is 47.0. The van der Waals surface area contributed by atoms with E-state index in [1.165, 1.54) is 114 Å². The number of allylic oxidation sites excluding steroid dienone is 2. The van der Waals surface area contributed by atoms with Crippen LogP contribution in [0.2, 0.25) is 0 Å². The Kier molecular flexibility index (Phi) is 13.0. The van der Waals surface area contributed by atoms with Crippen molar-refractivity contribution in [3.05, 3.63) is 170 Å². The Morgan fingerprint density at radius 1 is 0.485 bits per heavy atom. The minimum atomic E-state index is -5.69. The van der Waals surface area contributed by atoms with Gasteiger partial charge in [0.25, 0.3) is 0 Å². The van der Waals surface area contributed by atoms with Gasteiger partial charge in [-0.05, 0) is 0 Å². The van der Waals surface area contributed by atoms with Crippen molar-refractivity contribution in [2.45, 2.75) is 140 Å². The van der Waals surface area contributed by atoms with Crippen molar-refractivity contribution < 1.29 is 16.4 Å². The Morgan fingerprint density at radius 3 is 1.32 bits per heavy atom. The summed E-state index contributed by atoms with van der Waals surface area (Å²) >= 11 is -5.69. The molecule has 4 heteroatoms. The first-order valence-corrected chi connectivity index (χ1v) is 37.2. The summed E-state index contributed by atoms with van der Waals surface area (Å²) < 4.78 is 1.11. The Morgan fingerprint density at radius 2 is 0.909 bits per heavy atom. The zero-order valence-electron chi connectivity index (χ0n) is 41.7. The van der Waals surface area contributed by atoms with Gasteiger partial charge < -0.3 is 0 Å². The molecule has 9 rings (SSSR count). The van der Waals surface area contributed by atoms with Crippen LogP contribution in [0.15, 0.2) is 114 Å². The van der Waals surface area contributed by atoms with Crippen LogP contribution in [0, 0.1) is 0 Å². The molecule has 6 aromatic rings. The molecule has 2 atom stereocenters. The van der Waals surface area contributed by atoms with Crippen LogP contribution >= 0.6 is 17.0 Å². The molecule has 6 aromatic carbocycles. The molecule has 0 spiro atoms. The van der Waals surface area contributed by atoms with E-state index in [-0.39, 0.29) is 7.25 Å². The Balaban J connectivity index is 1.37. The predicted molar refractivity (Wildman–Crippen MR) is 292 cm³/mol. The summed E-state index contributed by atoms with van der Waals surface area (Å²) in [7, 11) is 18.1. The fraction of sp³-hybridized carbons (Fsp3) is 0.355. The fourth-order valence-corrected chi connectivity index (χ4v) is 40.6. The van der Waals surface area contributed by atoms with Crippen molar-refractivity contribution in [2.75, 3.05) is 0 Å². The molecular weight excluding hydrogens is 935 g/mol. The molecule has 66 heavy (non-hydrogen) atoms. The van der Waals surface area contributed by atoms with Crippen LogP contribution < -0.4 is 13.6 Å².